The Hall–Kier alpha value is -0.520. The van der Waals surface area contributed by atoms with E-state index in [0.29, 0.717) is 10.8 Å². The minimum atomic E-state index is 0.664. The van der Waals surface area contributed by atoms with E-state index >= 15 is 0 Å². The maximum atomic E-state index is 2.78. The lowest BCUT2D eigenvalue weighted by molar-refractivity contribution is 0.405. The Kier molecular flexibility index (Phi) is 2.35. The van der Waals surface area contributed by atoms with Crippen molar-refractivity contribution in [3.63, 3.8) is 0 Å². The first-order valence-electron chi connectivity index (χ1n) is 8.22. The molecule has 0 aromatic carbocycles. The number of unbranched alkanes of at least 4 members (excludes halogenated alkanes) is 1. The third-order valence-electron chi connectivity index (χ3n) is 6.02. The van der Waals surface area contributed by atoms with Crippen molar-refractivity contribution in [3.05, 3.63) is 22.8 Å². The van der Waals surface area contributed by atoms with E-state index in [9.17, 15) is 0 Å². The van der Waals surface area contributed by atoms with Crippen molar-refractivity contribution in [2.45, 2.75) is 77.6 Å². The molecule has 0 amide bonds. The maximum absolute atomic E-state index is 2.78. The van der Waals surface area contributed by atoms with Gasteiger partial charge in [-0.2, -0.15) is 0 Å². The summed E-state index contributed by atoms with van der Waals surface area (Å²) in [5, 5.41) is 0. The molecule has 98 valence electrons. The molecule has 3 fully saturated rings. The maximum Gasteiger partial charge on any atom is 0.000633 e. The fourth-order valence-corrected chi connectivity index (χ4v) is 4.59. The lowest BCUT2D eigenvalue weighted by Crippen LogP contribution is -2.17. The predicted molar refractivity (Wildman–Crippen MR) is 76.4 cm³/mol. The fourth-order valence-electron chi connectivity index (χ4n) is 4.59. The van der Waals surface area contributed by atoms with Crippen molar-refractivity contribution >= 4 is 0 Å². The molecule has 0 heterocycles. The molecule has 2 spiro atoms. The summed E-state index contributed by atoms with van der Waals surface area (Å²) in [6.45, 7) is 2.32. The van der Waals surface area contributed by atoms with E-state index in [2.05, 4.69) is 13.0 Å². The zero-order valence-electron chi connectivity index (χ0n) is 11.9. The summed E-state index contributed by atoms with van der Waals surface area (Å²) in [7, 11) is 0. The lowest BCUT2D eigenvalue weighted by atomic mass is 9.78. The van der Waals surface area contributed by atoms with Crippen LogP contribution >= 0.6 is 0 Å². The summed E-state index contributed by atoms with van der Waals surface area (Å²) in [5.41, 5.74) is 7.02. The molecule has 0 aliphatic heterocycles. The van der Waals surface area contributed by atoms with Crippen LogP contribution in [0.5, 0.6) is 0 Å². The quantitative estimate of drug-likeness (QED) is 0.569. The van der Waals surface area contributed by atoms with E-state index < -0.39 is 0 Å². The van der Waals surface area contributed by atoms with E-state index in [0.717, 1.165) is 0 Å². The Balaban J connectivity index is 1.66. The minimum absolute atomic E-state index is 0.664. The molecule has 0 atom stereocenters. The first-order valence-corrected chi connectivity index (χ1v) is 8.22. The highest BCUT2D eigenvalue weighted by molar-refractivity contribution is 5.44. The Labute approximate surface area is 112 Å². The van der Waals surface area contributed by atoms with Gasteiger partial charge in [-0.15, -0.1) is 0 Å². The normalized spacial score (nSPS) is 30.4. The zero-order chi connectivity index (χ0) is 12.2. The molecular formula is C18H26. The van der Waals surface area contributed by atoms with Gasteiger partial charge in [0.25, 0.3) is 0 Å². The zero-order valence-corrected chi connectivity index (χ0v) is 11.9. The molecule has 3 saturated carbocycles. The van der Waals surface area contributed by atoms with Gasteiger partial charge in [-0.25, -0.2) is 0 Å². The van der Waals surface area contributed by atoms with E-state index in [1.165, 1.54) is 70.6 Å². The standard InChI is InChI=1S/C18H26/c1-2-3-4-14-5-8-16(15-6-7-15)18(11-12-18)17(13-14)9-10-17/h13H,2-12H2,1H3. The van der Waals surface area contributed by atoms with Crippen LogP contribution in [0.4, 0.5) is 0 Å². The average Bonchev–Trinajstić information content (AvgIpc) is 3.24. The van der Waals surface area contributed by atoms with E-state index in [-0.39, 0.29) is 0 Å². The van der Waals surface area contributed by atoms with Crippen LogP contribution in [0.2, 0.25) is 0 Å². The van der Waals surface area contributed by atoms with Crippen molar-refractivity contribution in [2.24, 2.45) is 10.8 Å². The molecule has 0 saturated heterocycles. The molecule has 0 unspecified atom stereocenters. The molecule has 0 N–H and O–H groups in total. The molecule has 0 aromatic heterocycles. The summed E-state index contributed by atoms with van der Waals surface area (Å²) in [5.74, 6) is 0. The molecule has 0 heteroatoms. The molecule has 0 aromatic rings. The highest BCUT2D eigenvalue weighted by Crippen LogP contribution is 2.77. The average molecular weight is 242 g/mol. The Morgan fingerprint density at radius 2 is 1.78 bits per heavy atom. The highest BCUT2D eigenvalue weighted by atomic mass is 14.7. The SMILES string of the molecule is CCCCC1=CC2(CC2)C2(CC2)C(=C2CC2)CC1. The molecule has 4 aliphatic rings. The molecule has 4 rings (SSSR count). The number of allylic oxidation sites excluding steroid dienone is 4. The first-order chi connectivity index (χ1) is 8.80. The molecule has 4 aliphatic carbocycles. The third kappa shape index (κ3) is 1.57. The van der Waals surface area contributed by atoms with Crippen molar-refractivity contribution in [1.29, 1.82) is 0 Å². The number of fused-ring (bicyclic) bond motifs is 1. The smallest absolute Gasteiger partial charge is 0.000633 e. The van der Waals surface area contributed by atoms with Crippen LogP contribution < -0.4 is 0 Å². The Bertz CT molecular complexity index is 421. The molecule has 0 bridgehead atoms. The van der Waals surface area contributed by atoms with E-state index in [4.69, 9.17) is 0 Å². The van der Waals surface area contributed by atoms with Crippen molar-refractivity contribution < 1.29 is 0 Å². The Morgan fingerprint density at radius 1 is 1.00 bits per heavy atom. The second-order valence-electron chi connectivity index (χ2n) is 7.23. The Morgan fingerprint density at radius 3 is 2.33 bits per heavy atom. The van der Waals surface area contributed by atoms with Gasteiger partial charge < -0.3 is 0 Å². The third-order valence-corrected chi connectivity index (χ3v) is 6.02. The number of hydrogen-bond acceptors (Lipinski definition) is 0. The second kappa shape index (κ2) is 3.74. The van der Waals surface area contributed by atoms with Crippen molar-refractivity contribution in [1.82, 2.24) is 0 Å². The van der Waals surface area contributed by atoms with Gasteiger partial charge in [0.05, 0.1) is 0 Å². The summed E-state index contributed by atoms with van der Waals surface area (Å²) < 4.78 is 0. The summed E-state index contributed by atoms with van der Waals surface area (Å²) >= 11 is 0. The van der Waals surface area contributed by atoms with Crippen LogP contribution in [0.25, 0.3) is 0 Å². The summed E-state index contributed by atoms with van der Waals surface area (Å²) in [4.78, 5) is 0. The van der Waals surface area contributed by atoms with Gasteiger partial charge in [0.15, 0.2) is 0 Å². The van der Waals surface area contributed by atoms with Gasteiger partial charge in [-0.1, -0.05) is 36.1 Å². The fraction of sp³-hybridized carbons (Fsp3) is 0.778. The highest BCUT2D eigenvalue weighted by Gasteiger charge is 2.66. The van der Waals surface area contributed by atoms with Crippen LogP contribution in [0.1, 0.15) is 77.6 Å². The van der Waals surface area contributed by atoms with Crippen molar-refractivity contribution in [2.75, 3.05) is 0 Å². The van der Waals surface area contributed by atoms with E-state index in [1.54, 1.807) is 0 Å². The van der Waals surface area contributed by atoms with Gasteiger partial charge in [-0.3, -0.25) is 0 Å². The predicted octanol–water partition coefficient (Wildman–Crippen LogP) is 5.55. The van der Waals surface area contributed by atoms with Gasteiger partial charge >= 0.3 is 0 Å². The molecule has 0 radical (unpaired) electrons. The summed E-state index contributed by atoms with van der Waals surface area (Å²) in [6, 6.07) is 0. The van der Waals surface area contributed by atoms with Gasteiger partial charge in [0.1, 0.15) is 0 Å². The number of rotatable bonds is 3. The van der Waals surface area contributed by atoms with Crippen LogP contribution in [-0.2, 0) is 0 Å². The van der Waals surface area contributed by atoms with E-state index in [1.807, 2.05) is 16.7 Å². The molecular weight excluding hydrogens is 216 g/mol. The van der Waals surface area contributed by atoms with Gasteiger partial charge in [0, 0.05) is 5.41 Å². The summed E-state index contributed by atoms with van der Waals surface area (Å²) in [6.07, 6.45) is 18.7. The van der Waals surface area contributed by atoms with Crippen molar-refractivity contribution in [3.8, 4) is 0 Å². The largest absolute Gasteiger partial charge is 0.0782 e. The van der Waals surface area contributed by atoms with Crippen LogP contribution in [0.3, 0.4) is 0 Å². The monoisotopic (exact) mass is 242 g/mol. The topological polar surface area (TPSA) is 0 Å². The van der Waals surface area contributed by atoms with Crippen LogP contribution in [0, 0.1) is 10.8 Å². The second-order valence-corrected chi connectivity index (χ2v) is 7.23. The van der Waals surface area contributed by atoms with Crippen LogP contribution in [-0.4, -0.2) is 0 Å². The number of hydrogen-bond donors (Lipinski definition) is 0. The van der Waals surface area contributed by atoms with Crippen LogP contribution in [0.15, 0.2) is 22.8 Å². The van der Waals surface area contributed by atoms with Gasteiger partial charge in [0.2, 0.25) is 0 Å². The lowest BCUT2D eigenvalue weighted by Gasteiger charge is -2.25. The molecule has 18 heavy (non-hydrogen) atoms. The first kappa shape index (κ1) is 11.3. The molecule has 0 nitrogen and oxygen atoms in total. The van der Waals surface area contributed by atoms with Gasteiger partial charge in [-0.05, 0) is 69.6 Å². The minimum Gasteiger partial charge on any atom is -0.0782 e.